The molecule has 0 saturated heterocycles. The SMILES string of the molecule is O=C(CSc1nc2ccccc2c(=O)n1Cc1ccccc1)NCc1cccnc1. The fourth-order valence-corrected chi connectivity index (χ4v) is 3.88. The van der Waals surface area contributed by atoms with Crippen molar-refractivity contribution >= 4 is 28.6 Å². The van der Waals surface area contributed by atoms with Crippen molar-refractivity contribution < 1.29 is 4.79 Å². The van der Waals surface area contributed by atoms with Crippen LogP contribution >= 0.6 is 11.8 Å². The number of aromatic nitrogens is 3. The molecule has 0 spiro atoms. The molecule has 0 aliphatic rings. The molecule has 0 unspecified atom stereocenters. The zero-order valence-electron chi connectivity index (χ0n) is 16.2. The van der Waals surface area contributed by atoms with E-state index in [2.05, 4.69) is 15.3 Å². The standard InChI is InChI=1S/C23H20N4O2S/c28-21(25-14-18-9-6-12-24-13-18)16-30-23-26-20-11-5-4-10-19(20)22(29)27(23)15-17-7-2-1-3-8-17/h1-13H,14-16H2,(H,25,28). The minimum atomic E-state index is -0.127. The molecule has 0 fully saturated rings. The van der Waals surface area contributed by atoms with Crippen molar-refractivity contribution in [1.29, 1.82) is 0 Å². The van der Waals surface area contributed by atoms with Crippen LogP contribution in [0.3, 0.4) is 0 Å². The van der Waals surface area contributed by atoms with Crippen LogP contribution in [0.1, 0.15) is 11.1 Å². The normalized spacial score (nSPS) is 10.8. The van der Waals surface area contributed by atoms with Crippen LogP contribution in [0.2, 0.25) is 0 Å². The quantitative estimate of drug-likeness (QED) is 0.370. The molecule has 0 atom stereocenters. The molecule has 0 saturated carbocycles. The van der Waals surface area contributed by atoms with Gasteiger partial charge in [0.2, 0.25) is 5.91 Å². The Morgan fingerprint density at radius 1 is 0.967 bits per heavy atom. The second-order valence-corrected chi connectivity index (χ2v) is 7.66. The highest BCUT2D eigenvalue weighted by atomic mass is 32.2. The molecule has 0 aliphatic carbocycles. The largest absolute Gasteiger partial charge is 0.351 e. The summed E-state index contributed by atoms with van der Waals surface area (Å²) in [6.45, 7) is 0.812. The summed E-state index contributed by atoms with van der Waals surface area (Å²) in [7, 11) is 0. The number of benzene rings is 2. The minimum absolute atomic E-state index is 0.109. The van der Waals surface area contributed by atoms with E-state index in [9.17, 15) is 9.59 Å². The maximum Gasteiger partial charge on any atom is 0.262 e. The molecule has 1 amide bonds. The summed E-state index contributed by atoms with van der Waals surface area (Å²) >= 11 is 1.26. The summed E-state index contributed by atoms with van der Waals surface area (Å²) in [6.07, 6.45) is 3.41. The van der Waals surface area contributed by atoms with Gasteiger partial charge in [0.05, 0.1) is 23.2 Å². The van der Waals surface area contributed by atoms with Crippen LogP contribution in [-0.4, -0.2) is 26.2 Å². The highest BCUT2D eigenvalue weighted by Gasteiger charge is 2.13. The van der Waals surface area contributed by atoms with Crippen molar-refractivity contribution in [3.8, 4) is 0 Å². The Bertz CT molecular complexity index is 1210. The van der Waals surface area contributed by atoms with Crippen LogP contribution in [0.25, 0.3) is 10.9 Å². The molecule has 0 bridgehead atoms. The smallest absolute Gasteiger partial charge is 0.262 e. The van der Waals surface area contributed by atoms with Crippen LogP contribution < -0.4 is 10.9 Å². The van der Waals surface area contributed by atoms with E-state index in [0.717, 1.165) is 11.1 Å². The first kappa shape index (κ1) is 19.8. The number of pyridine rings is 1. The number of amides is 1. The lowest BCUT2D eigenvalue weighted by Gasteiger charge is -2.13. The number of nitrogens with zero attached hydrogens (tertiary/aromatic N) is 3. The van der Waals surface area contributed by atoms with E-state index < -0.39 is 0 Å². The van der Waals surface area contributed by atoms with Gasteiger partial charge in [-0.3, -0.25) is 19.1 Å². The number of rotatable bonds is 7. The molecule has 4 rings (SSSR count). The molecule has 4 aromatic rings. The topological polar surface area (TPSA) is 76.9 Å². The van der Waals surface area contributed by atoms with E-state index in [1.165, 1.54) is 11.8 Å². The highest BCUT2D eigenvalue weighted by Crippen LogP contribution is 2.19. The second kappa shape index (κ2) is 9.37. The van der Waals surface area contributed by atoms with E-state index in [1.807, 2.05) is 60.7 Å². The minimum Gasteiger partial charge on any atom is -0.351 e. The van der Waals surface area contributed by atoms with Gasteiger partial charge in [0.15, 0.2) is 5.16 Å². The maximum absolute atomic E-state index is 13.1. The van der Waals surface area contributed by atoms with Gasteiger partial charge >= 0.3 is 0 Å². The molecule has 2 aromatic heterocycles. The van der Waals surface area contributed by atoms with Gasteiger partial charge in [0.25, 0.3) is 5.56 Å². The molecular formula is C23H20N4O2S. The predicted octanol–water partition coefficient (Wildman–Crippen LogP) is 3.25. The fourth-order valence-electron chi connectivity index (χ4n) is 3.05. The molecule has 30 heavy (non-hydrogen) atoms. The Morgan fingerprint density at radius 2 is 1.73 bits per heavy atom. The van der Waals surface area contributed by atoms with E-state index in [1.54, 1.807) is 23.0 Å². The number of hydrogen-bond donors (Lipinski definition) is 1. The lowest BCUT2D eigenvalue weighted by Crippen LogP contribution is -2.27. The third kappa shape index (κ3) is 4.75. The first-order chi connectivity index (χ1) is 14.7. The van der Waals surface area contributed by atoms with Crippen LogP contribution in [0, 0.1) is 0 Å². The third-order valence-electron chi connectivity index (χ3n) is 4.55. The Morgan fingerprint density at radius 3 is 2.53 bits per heavy atom. The molecule has 0 aliphatic heterocycles. The number of thioether (sulfide) groups is 1. The zero-order chi connectivity index (χ0) is 20.8. The van der Waals surface area contributed by atoms with Gasteiger partial charge in [-0.05, 0) is 29.3 Å². The van der Waals surface area contributed by atoms with Crippen LogP contribution in [-0.2, 0) is 17.9 Å². The van der Waals surface area contributed by atoms with E-state index >= 15 is 0 Å². The zero-order valence-corrected chi connectivity index (χ0v) is 17.0. The van der Waals surface area contributed by atoms with Gasteiger partial charge < -0.3 is 5.32 Å². The average Bonchev–Trinajstić information content (AvgIpc) is 2.80. The molecular weight excluding hydrogens is 396 g/mol. The third-order valence-corrected chi connectivity index (χ3v) is 5.53. The Balaban J connectivity index is 1.55. The summed E-state index contributed by atoms with van der Waals surface area (Å²) in [6, 6.07) is 20.8. The summed E-state index contributed by atoms with van der Waals surface area (Å²) in [5.74, 6) is 0.0392. The second-order valence-electron chi connectivity index (χ2n) is 6.72. The van der Waals surface area contributed by atoms with Crippen LogP contribution in [0.4, 0.5) is 0 Å². The van der Waals surface area contributed by atoms with Crippen molar-refractivity contribution in [2.45, 2.75) is 18.2 Å². The highest BCUT2D eigenvalue weighted by molar-refractivity contribution is 7.99. The Hall–Kier alpha value is -3.45. The number of fused-ring (bicyclic) bond motifs is 1. The molecule has 0 radical (unpaired) electrons. The first-order valence-electron chi connectivity index (χ1n) is 9.52. The van der Waals surface area contributed by atoms with Crippen molar-refractivity contribution in [2.24, 2.45) is 0 Å². The summed E-state index contributed by atoms with van der Waals surface area (Å²) in [5, 5.41) is 3.97. The predicted molar refractivity (Wildman–Crippen MR) is 118 cm³/mol. The van der Waals surface area contributed by atoms with Gasteiger partial charge in [-0.1, -0.05) is 60.3 Å². The number of carbonyl (C=O) groups is 1. The van der Waals surface area contributed by atoms with E-state index in [0.29, 0.717) is 29.1 Å². The van der Waals surface area contributed by atoms with Crippen molar-refractivity contribution in [2.75, 3.05) is 5.75 Å². The van der Waals surface area contributed by atoms with Crippen LogP contribution in [0.5, 0.6) is 0 Å². The summed E-state index contributed by atoms with van der Waals surface area (Å²) in [5.41, 5.74) is 2.45. The average molecular weight is 417 g/mol. The van der Waals surface area contributed by atoms with Gasteiger partial charge in [-0.2, -0.15) is 0 Å². The van der Waals surface area contributed by atoms with Crippen LogP contribution in [0.15, 0.2) is 89.1 Å². The van der Waals surface area contributed by atoms with Gasteiger partial charge in [0, 0.05) is 18.9 Å². The number of para-hydroxylation sites is 1. The van der Waals surface area contributed by atoms with Crippen molar-refractivity contribution in [3.05, 3.63) is 101 Å². The number of nitrogens with one attached hydrogen (secondary N) is 1. The molecule has 150 valence electrons. The molecule has 2 heterocycles. The van der Waals surface area contributed by atoms with E-state index in [-0.39, 0.29) is 17.2 Å². The van der Waals surface area contributed by atoms with Gasteiger partial charge in [0.1, 0.15) is 0 Å². The molecule has 1 N–H and O–H groups in total. The van der Waals surface area contributed by atoms with E-state index in [4.69, 9.17) is 0 Å². The summed E-state index contributed by atoms with van der Waals surface area (Å²) < 4.78 is 1.64. The monoisotopic (exact) mass is 416 g/mol. The van der Waals surface area contributed by atoms with Gasteiger partial charge in [-0.25, -0.2) is 4.98 Å². The lowest BCUT2D eigenvalue weighted by molar-refractivity contribution is -0.118. The lowest BCUT2D eigenvalue weighted by atomic mass is 10.2. The number of carbonyl (C=O) groups excluding carboxylic acids is 1. The number of hydrogen-bond acceptors (Lipinski definition) is 5. The first-order valence-corrected chi connectivity index (χ1v) is 10.5. The Kier molecular flexibility index (Phi) is 6.20. The molecule has 6 nitrogen and oxygen atoms in total. The van der Waals surface area contributed by atoms with Crippen molar-refractivity contribution in [3.63, 3.8) is 0 Å². The molecule has 7 heteroatoms. The summed E-state index contributed by atoms with van der Waals surface area (Å²) in [4.78, 5) is 34.2. The maximum atomic E-state index is 13.1. The van der Waals surface area contributed by atoms with Crippen molar-refractivity contribution in [1.82, 2.24) is 19.9 Å². The Labute approximate surface area is 178 Å². The fraction of sp³-hybridized carbons (Fsp3) is 0.130. The van der Waals surface area contributed by atoms with Gasteiger partial charge in [-0.15, -0.1) is 0 Å². The molecule has 2 aromatic carbocycles.